The maximum Gasteiger partial charge on any atom is 0.322 e. The predicted octanol–water partition coefficient (Wildman–Crippen LogP) is 2.26. The Kier molecular flexibility index (Phi) is 3.65. The average Bonchev–Trinajstić information content (AvgIpc) is 2.69. The van der Waals surface area contributed by atoms with Crippen LogP contribution in [0.1, 0.15) is 25.7 Å². The third kappa shape index (κ3) is 2.90. The summed E-state index contributed by atoms with van der Waals surface area (Å²) in [5.74, 6) is 0. The summed E-state index contributed by atoms with van der Waals surface area (Å²) >= 11 is 0. The van der Waals surface area contributed by atoms with Gasteiger partial charge in [-0.3, -0.25) is 0 Å². The summed E-state index contributed by atoms with van der Waals surface area (Å²) < 4.78 is 23.5. The van der Waals surface area contributed by atoms with Gasteiger partial charge in [0.25, 0.3) is 0 Å². The normalized spacial score (nSPS) is 28.4. The fraction of sp³-hybridized carbons (Fsp3) is 0.533. The number of amides is 2. The standard InChI is InChI=1S/C15H20N2O3S/c1-21(19,20)14-9-12-7-8-13(10-14)17(12)15(18)16-11-5-3-2-4-6-11/h2-6,12-14H,7-10H2,1H3,(H,16,18). The largest absolute Gasteiger partial charge is 0.322 e. The molecule has 1 aromatic carbocycles. The summed E-state index contributed by atoms with van der Waals surface area (Å²) in [6.07, 6.45) is 4.24. The minimum absolute atomic E-state index is 0.0483. The third-order valence-electron chi connectivity index (χ3n) is 4.55. The number of hydrogen-bond donors (Lipinski definition) is 1. The smallest absolute Gasteiger partial charge is 0.318 e. The topological polar surface area (TPSA) is 66.5 Å². The van der Waals surface area contributed by atoms with Crippen LogP contribution >= 0.6 is 0 Å². The van der Waals surface area contributed by atoms with Gasteiger partial charge in [0.05, 0.1) is 5.25 Å². The SMILES string of the molecule is CS(=O)(=O)C1CC2CCC(C1)N2C(=O)Nc1ccccc1. The molecule has 2 amide bonds. The third-order valence-corrected chi connectivity index (χ3v) is 6.15. The van der Waals surface area contributed by atoms with Gasteiger partial charge in [0, 0.05) is 24.0 Å². The predicted molar refractivity (Wildman–Crippen MR) is 82.0 cm³/mol. The maximum absolute atomic E-state index is 12.5. The first-order valence-electron chi connectivity index (χ1n) is 7.28. The molecule has 114 valence electrons. The number of urea groups is 1. The van der Waals surface area contributed by atoms with Crippen LogP contribution in [0.3, 0.4) is 0 Å². The van der Waals surface area contributed by atoms with Gasteiger partial charge in [-0.15, -0.1) is 0 Å². The molecule has 2 aliphatic rings. The van der Waals surface area contributed by atoms with Crippen LogP contribution in [0.2, 0.25) is 0 Å². The molecule has 2 aliphatic heterocycles. The number of para-hydroxylation sites is 1. The molecule has 0 saturated carbocycles. The van der Waals surface area contributed by atoms with Crippen LogP contribution in [0, 0.1) is 0 Å². The molecule has 0 radical (unpaired) electrons. The van der Waals surface area contributed by atoms with Crippen molar-refractivity contribution in [2.75, 3.05) is 11.6 Å². The lowest BCUT2D eigenvalue weighted by Crippen LogP contribution is -2.51. The van der Waals surface area contributed by atoms with E-state index in [9.17, 15) is 13.2 Å². The highest BCUT2D eigenvalue weighted by Gasteiger charge is 2.45. The molecule has 0 aromatic heterocycles. The van der Waals surface area contributed by atoms with E-state index in [0.717, 1.165) is 18.5 Å². The summed E-state index contributed by atoms with van der Waals surface area (Å²) in [7, 11) is -3.02. The highest BCUT2D eigenvalue weighted by molar-refractivity contribution is 7.91. The second-order valence-corrected chi connectivity index (χ2v) is 8.34. The van der Waals surface area contributed by atoms with Gasteiger partial charge in [-0.2, -0.15) is 0 Å². The number of carbonyl (C=O) groups is 1. The Bertz CT molecular complexity index is 616. The molecule has 6 heteroatoms. The van der Waals surface area contributed by atoms with E-state index in [0.29, 0.717) is 12.8 Å². The second-order valence-electron chi connectivity index (χ2n) is 6.01. The Hall–Kier alpha value is -1.56. The zero-order valence-corrected chi connectivity index (χ0v) is 12.8. The quantitative estimate of drug-likeness (QED) is 0.911. The second kappa shape index (κ2) is 5.33. The first-order valence-corrected chi connectivity index (χ1v) is 9.24. The fourth-order valence-electron chi connectivity index (χ4n) is 3.52. The van der Waals surface area contributed by atoms with Crippen LogP contribution in [0.4, 0.5) is 10.5 Å². The van der Waals surface area contributed by atoms with Crippen molar-refractivity contribution in [3.63, 3.8) is 0 Å². The molecule has 2 saturated heterocycles. The van der Waals surface area contributed by atoms with Crippen molar-refractivity contribution in [3.8, 4) is 0 Å². The summed E-state index contributed by atoms with van der Waals surface area (Å²) in [6.45, 7) is 0. The van der Waals surface area contributed by atoms with Crippen LogP contribution in [0.15, 0.2) is 30.3 Å². The van der Waals surface area contributed by atoms with E-state index in [4.69, 9.17) is 0 Å². The molecule has 2 atom stereocenters. The van der Waals surface area contributed by atoms with Crippen molar-refractivity contribution in [2.45, 2.75) is 43.0 Å². The highest BCUT2D eigenvalue weighted by Crippen LogP contribution is 2.38. The van der Waals surface area contributed by atoms with Crippen molar-refractivity contribution in [3.05, 3.63) is 30.3 Å². The summed E-state index contributed by atoms with van der Waals surface area (Å²) in [6, 6.07) is 9.34. The van der Waals surface area contributed by atoms with Crippen LogP contribution in [0.5, 0.6) is 0 Å². The van der Waals surface area contributed by atoms with E-state index in [2.05, 4.69) is 5.32 Å². The van der Waals surface area contributed by atoms with Crippen molar-refractivity contribution in [1.82, 2.24) is 4.90 Å². The summed E-state index contributed by atoms with van der Waals surface area (Å²) in [5, 5.41) is 2.61. The highest BCUT2D eigenvalue weighted by atomic mass is 32.2. The summed E-state index contributed by atoms with van der Waals surface area (Å²) in [4.78, 5) is 14.3. The summed E-state index contributed by atoms with van der Waals surface area (Å²) in [5.41, 5.74) is 0.770. The Morgan fingerprint density at radius 2 is 1.71 bits per heavy atom. The molecule has 2 fully saturated rings. The van der Waals surface area contributed by atoms with E-state index in [-0.39, 0.29) is 23.4 Å². The van der Waals surface area contributed by atoms with E-state index in [1.165, 1.54) is 6.26 Å². The van der Waals surface area contributed by atoms with Crippen LogP contribution in [-0.2, 0) is 9.84 Å². The zero-order valence-electron chi connectivity index (χ0n) is 12.0. The lowest BCUT2D eigenvalue weighted by molar-refractivity contribution is 0.160. The first kappa shape index (κ1) is 14.4. The first-order chi connectivity index (χ1) is 9.95. The van der Waals surface area contributed by atoms with Gasteiger partial charge in [0.2, 0.25) is 0 Å². The number of nitrogens with one attached hydrogen (secondary N) is 1. The lowest BCUT2D eigenvalue weighted by Gasteiger charge is -2.38. The van der Waals surface area contributed by atoms with Crippen molar-refractivity contribution in [2.24, 2.45) is 0 Å². The number of sulfone groups is 1. The van der Waals surface area contributed by atoms with Gasteiger partial charge < -0.3 is 10.2 Å². The monoisotopic (exact) mass is 308 g/mol. The molecule has 1 N–H and O–H groups in total. The van der Waals surface area contributed by atoms with Gasteiger partial charge >= 0.3 is 6.03 Å². The molecule has 2 unspecified atom stereocenters. The Morgan fingerprint density at radius 3 is 2.24 bits per heavy atom. The van der Waals surface area contributed by atoms with E-state index < -0.39 is 9.84 Å². The van der Waals surface area contributed by atoms with Crippen LogP contribution in [0.25, 0.3) is 0 Å². The number of benzene rings is 1. The minimum atomic E-state index is -3.02. The number of hydrogen-bond acceptors (Lipinski definition) is 3. The molecule has 5 nitrogen and oxygen atoms in total. The van der Waals surface area contributed by atoms with E-state index in [1.54, 1.807) is 0 Å². The van der Waals surface area contributed by atoms with Gasteiger partial charge in [0.15, 0.2) is 0 Å². The fourth-order valence-corrected chi connectivity index (χ4v) is 4.66. The average molecular weight is 308 g/mol. The van der Waals surface area contributed by atoms with Gasteiger partial charge in [-0.05, 0) is 37.8 Å². The lowest BCUT2D eigenvalue weighted by atomic mass is 10.0. The maximum atomic E-state index is 12.5. The number of anilines is 1. The van der Waals surface area contributed by atoms with Crippen molar-refractivity contribution < 1.29 is 13.2 Å². The molecule has 21 heavy (non-hydrogen) atoms. The Balaban J connectivity index is 1.72. The number of carbonyl (C=O) groups excluding carboxylic acids is 1. The zero-order chi connectivity index (χ0) is 15.0. The number of nitrogens with zero attached hydrogens (tertiary/aromatic N) is 1. The molecular formula is C15H20N2O3S. The molecule has 0 spiro atoms. The molecule has 1 aromatic rings. The van der Waals surface area contributed by atoms with Gasteiger partial charge in [-0.25, -0.2) is 13.2 Å². The number of piperidine rings is 1. The van der Waals surface area contributed by atoms with Gasteiger partial charge in [-0.1, -0.05) is 18.2 Å². The van der Waals surface area contributed by atoms with E-state index >= 15 is 0 Å². The molecular weight excluding hydrogens is 288 g/mol. The molecule has 3 rings (SSSR count). The Labute approximate surface area is 125 Å². The van der Waals surface area contributed by atoms with Crippen LogP contribution < -0.4 is 5.32 Å². The van der Waals surface area contributed by atoms with Gasteiger partial charge in [0.1, 0.15) is 9.84 Å². The Morgan fingerprint density at radius 1 is 1.14 bits per heavy atom. The van der Waals surface area contributed by atoms with Crippen molar-refractivity contribution >= 4 is 21.6 Å². The number of fused-ring (bicyclic) bond motifs is 2. The number of rotatable bonds is 2. The van der Waals surface area contributed by atoms with Crippen LogP contribution in [-0.4, -0.2) is 42.9 Å². The minimum Gasteiger partial charge on any atom is -0.318 e. The molecule has 2 bridgehead atoms. The van der Waals surface area contributed by atoms with E-state index in [1.807, 2.05) is 35.2 Å². The molecule has 0 aliphatic carbocycles. The molecule has 2 heterocycles. The van der Waals surface area contributed by atoms with Crippen molar-refractivity contribution in [1.29, 1.82) is 0 Å².